The summed E-state index contributed by atoms with van der Waals surface area (Å²) in [6, 6.07) is -0.339. The second-order valence-corrected chi connectivity index (χ2v) is 7.85. The number of nitrogens with one attached hydrogen (secondary N) is 2. The van der Waals surface area contributed by atoms with Gasteiger partial charge >= 0.3 is 6.03 Å². The van der Waals surface area contributed by atoms with Crippen molar-refractivity contribution in [2.75, 3.05) is 43.9 Å². The summed E-state index contributed by atoms with van der Waals surface area (Å²) in [7, 11) is 0. The Morgan fingerprint density at radius 2 is 2.00 bits per heavy atom. The Bertz CT molecular complexity index is 986. The SMILES string of the molecule is C/C=C(\C)CNC(=O)Nc1nnc(C#Cc2cnc(N)nc2)s1.CC/C=C/N1CCOCC1. The summed E-state index contributed by atoms with van der Waals surface area (Å²) < 4.78 is 5.20. The van der Waals surface area contributed by atoms with Gasteiger partial charge in [0.25, 0.3) is 0 Å². The highest BCUT2D eigenvalue weighted by molar-refractivity contribution is 7.15. The lowest BCUT2D eigenvalue weighted by Gasteiger charge is -2.24. The Kier molecular flexibility index (Phi) is 11.4. The molecule has 3 rings (SSSR count). The topological polar surface area (TPSA) is 131 Å². The predicted molar refractivity (Wildman–Crippen MR) is 131 cm³/mol. The number of ether oxygens (including phenoxy) is 1. The van der Waals surface area contributed by atoms with Gasteiger partial charge in [-0.1, -0.05) is 41.9 Å². The van der Waals surface area contributed by atoms with Gasteiger partial charge in [-0.15, -0.1) is 10.2 Å². The first-order valence-corrected chi connectivity index (χ1v) is 11.4. The van der Waals surface area contributed by atoms with E-state index in [0.29, 0.717) is 22.2 Å². The molecular weight excluding hydrogens is 440 g/mol. The Hall–Kier alpha value is -3.49. The van der Waals surface area contributed by atoms with Gasteiger partial charge < -0.3 is 20.7 Å². The molecule has 0 saturated carbocycles. The van der Waals surface area contributed by atoms with Crippen molar-refractivity contribution >= 4 is 28.4 Å². The molecule has 0 spiro atoms. The molecule has 3 heterocycles. The highest BCUT2D eigenvalue weighted by Gasteiger charge is 2.06. The van der Waals surface area contributed by atoms with Crippen molar-refractivity contribution in [2.24, 2.45) is 0 Å². The minimum absolute atomic E-state index is 0.192. The number of hydrogen-bond donors (Lipinski definition) is 3. The fraction of sp³-hybridized carbons (Fsp3) is 0.409. The maximum Gasteiger partial charge on any atom is 0.321 e. The van der Waals surface area contributed by atoms with Gasteiger partial charge in [-0.25, -0.2) is 14.8 Å². The van der Waals surface area contributed by atoms with Gasteiger partial charge in [0.2, 0.25) is 11.1 Å². The van der Waals surface area contributed by atoms with E-state index in [0.717, 1.165) is 38.3 Å². The third kappa shape index (κ3) is 10.6. The number of aromatic nitrogens is 4. The van der Waals surface area contributed by atoms with Gasteiger partial charge in [-0.05, 0) is 32.4 Å². The molecule has 1 saturated heterocycles. The molecule has 4 N–H and O–H groups in total. The predicted octanol–water partition coefficient (Wildman–Crippen LogP) is 2.64. The fourth-order valence-electron chi connectivity index (χ4n) is 2.30. The molecule has 10 nitrogen and oxygen atoms in total. The van der Waals surface area contributed by atoms with Crippen LogP contribution in [0.25, 0.3) is 0 Å². The van der Waals surface area contributed by atoms with E-state index in [9.17, 15) is 4.79 Å². The van der Waals surface area contributed by atoms with Crippen LogP contribution in [0.15, 0.2) is 36.3 Å². The number of urea groups is 1. The number of hydrogen-bond acceptors (Lipinski definition) is 9. The molecule has 0 unspecified atom stereocenters. The summed E-state index contributed by atoms with van der Waals surface area (Å²) in [6.07, 6.45) is 10.4. The highest BCUT2D eigenvalue weighted by atomic mass is 32.1. The number of amides is 2. The number of anilines is 2. The second-order valence-electron chi connectivity index (χ2n) is 6.88. The zero-order valence-electron chi connectivity index (χ0n) is 19.2. The van der Waals surface area contributed by atoms with Crippen molar-refractivity contribution in [3.8, 4) is 11.8 Å². The quantitative estimate of drug-likeness (QED) is 0.449. The standard InChI is InChI=1S/C14H15N7OS.C8H15NO/c1-3-9(2)6-18-13(22)19-14-21-20-11(23-14)5-4-10-7-16-12(15)17-8-10;1-2-3-4-9-5-7-10-8-6-9/h3,7-8H,6H2,1-2H3,(H2,15,16,17)(H2,18,19,21,22);3-4H,2,5-8H2,1H3/b9-3+;4-3+. The van der Waals surface area contributed by atoms with Crippen LogP contribution in [-0.2, 0) is 4.74 Å². The first kappa shape index (κ1) is 25.8. The first-order valence-electron chi connectivity index (χ1n) is 10.6. The van der Waals surface area contributed by atoms with Gasteiger partial charge in [0, 0.05) is 32.0 Å². The number of carbonyl (C=O) groups excluding carboxylic acids is 1. The molecule has 0 aliphatic carbocycles. The maximum atomic E-state index is 11.7. The Morgan fingerprint density at radius 3 is 2.67 bits per heavy atom. The zero-order valence-corrected chi connectivity index (χ0v) is 20.0. The molecule has 1 fully saturated rings. The average molecular weight is 471 g/mol. The lowest BCUT2D eigenvalue weighted by Crippen LogP contribution is -2.31. The summed E-state index contributed by atoms with van der Waals surface area (Å²) in [4.78, 5) is 21.7. The van der Waals surface area contributed by atoms with E-state index >= 15 is 0 Å². The summed E-state index contributed by atoms with van der Waals surface area (Å²) in [5.74, 6) is 5.86. The van der Waals surface area contributed by atoms with Crippen LogP contribution in [0.5, 0.6) is 0 Å². The van der Waals surface area contributed by atoms with Gasteiger partial charge in [0.05, 0.1) is 18.8 Å². The normalized spacial score (nSPS) is 13.5. The molecule has 1 aliphatic rings. The third-order valence-corrected chi connectivity index (χ3v) is 5.00. The van der Waals surface area contributed by atoms with E-state index in [1.54, 1.807) is 0 Å². The van der Waals surface area contributed by atoms with Gasteiger partial charge in [-0.3, -0.25) is 5.32 Å². The van der Waals surface area contributed by atoms with Crippen molar-refractivity contribution in [1.29, 1.82) is 0 Å². The average Bonchev–Trinajstić information content (AvgIpc) is 3.29. The summed E-state index contributed by atoms with van der Waals surface area (Å²) >= 11 is 1.18. The molecular formula is C22H30N8O2S. The van der Waals surface area contributed by atoms with Crippen LogP contribution in [0.1, 0.15) is 37.8 Å². The highest BCUT2D eigenvalue weighted by Crippen LogP contribution is 2.14. The van der Waals surface area contributed by atoms with E-state index < -0.39 is 0 Å². The monoisotopic (exact) mass is 470 g/mol. The third-order valence-electron chi connectivity index (χ3n) is 4.25. The van der Waals surface area contributed by atoms with Crippen LogP contribution in [0.3, 0.4) is 0 Å². The first-order chi connectivity index (χ1) is 16.0. The van der Waals surface area contributed by atoms with Gasteiger partial charge in [0.1, 0.15) is 0 Å². The summed E-state index contributed by atoms with van der Waals surface area (Å²) in [5, 5.41) is 13.9. The number of nitrogens with zero attached hydrogens (tertiary/aromatic N) is 5. The molecule has 0 atom stereocenters. The smallest absolute Gasteiger partial charge is 0.321 e. The molecule has 1 aliphatic heterocycles. The van der Waals surface area contributed by atoms with Crippen LogP contribution in [-0.4, -0.2) is 63.9 Å². The van der Waals surface area contributed by atoms with Crippen LogP contribution in [0.4, 0.5) is 15.9 Å². The van der Waals surface area contributed by atoms with Crippen molar-refractivity contribution < 1.29 is 9.53 Å². The Balaban J connectivity index is 0.000000321. The van der Waals surface area contributed by atoms with E-state index in [-0.39, 0.29) is 12.0 Å². The molecule has 2 amide bonds. The molecule has 2 aromatic rings. The van der Waals surface area contributed by atoms with Gasteiger partial charge in [-0.2, -0.15) is 0 Å². The van der Waals surface area contributed by atoms with Gasteiger partial charge in [0.15, 0.2) is 5.01 Å². The fourth-order valence-corrected chi connectivity index (χ4v) is 2.89. The van der Waals surface area contributed by atoms with E-state index in [1.165, 1.54) is 23.7 Å². The van der Waals surface area contributed by atoms with Crippen molar-refractivity contribution in [2.45, 2.75) is 27.2 Å². The Morgan fingerprint density at radius 1 is 1.27 bits per heavy atom. The molecule has 33 heavy (non-hydrogen) atoms. The van der Waals surface area contributed by atoms with Crippen LogP contribution < -0.4 is 16.4 Å². The number of rotatable bonds is 5. The molecule has 176 valence electrons. The number of nitrogen functional groups attached to an aromatic ring is 1. The minimum Gasteiger partial charge on any atom is -0.378 e. The number of allylic oxidation sites excluding steroid dienone is 2. The molecule has 11 heteroatoms. The van der Waals surface area contributed by atoms with E-state index in [4.69, 9.17) is 10.5 Å². The lowest BCUT2D eigenvalue weighted by atomic mass is 10.3. The van der Waals surface area contributed by atoms with Crippen LogP contribution in [0, 0.1) is 11.8 Å². The number of nitrogens with two attached hydrogens (primary N) is 1. The van der Waals surface area contributed by atoms with Crippen LogP contribution >= 0.6 is 11.3 Å². The van der Waals surface area contributed by atoms with Crippen molar-refractivity contribution in [3.63, 3.8) is 0 Å². The largest absolute Gasteiger partial charge is 0.378 e. The van der Waals surface area contributed by atoms with Crippen molar-refractivity contribution in [1.82, 2.24) is 30.4 Å². The maximum absolute atomic E-state index is 11.7. The zero-order chi connectivity index (χ0) is 23.9. The van der Waals surface area contributed by atoms with E-state index in [2.05, 4.69) is 66.7 Å². The molecule has 0 bridgehead atoms. The molecule has 0 radical (unpaired) electrons. The number of morpholine rings is 1. The summed E-state index contributed by atoms with van der Waals surface area (Å²) in [5.41, 5.74) is 7.07. The van der Waals surface area contributed by atoms with Crippen molar-refractivity contribution in [3.05, 3.63) is 46.9 Å². The van der Waals surface area contributed by atoms with Crippen LogP contribution in [0.2, 0.25) is 0 Å². The number of carbonyl (C=O) groups is 1. The molecule has 0 aromatic carbocycles. The molecule has 2 aromatic heterocycles. The lowest BCUT2D eigenvalue weighted by molar-refractivity contribution is 0.0593. The van der Waals surface area contributed by atoms with E-state index in [1.807, 2.05) is 19.9 Å². The minimum atomic E-state index is -0.339. The Labute approximate surface area is 198 Å². The summed E-state index contributed by atoms with van der Waals surface area (Å²) in [6.45, 7) is 10.3. The second kappa shape index (κ2) is 14.5.